The molecule has 0 aliphatic carbocycles. The lowest BCUT2D eigenvalue weighted by Gasteiger charge is -2.19. The largest absolute Gasteiger partial charge is 0.459 e. The predicted octanol–water partition coefficient (Wildman–Crippen LogP) is 4.35. The van der Waals surface area contributed by atoms with E-state index >= 15 is 0 Å². The summed E-state index contributed by atoms with van der Waals surface area (Å²) in [5.74, 6) is 0.694. The molecule has 0 bridgehead atoms. The zero-order valence-electron chi connectivity index (χ0n) is 12.5. The monoisotopic (exact) mass is 240 g/mol. The zero-order chi connectivity index (χ0) is 13.6. The lowest BCUT2D eigenvalue weighted by atomic mass is 9.86. The number of hydrogen-bond acceptors (Lipinski definition) is 2. The van der Waals surface area contributed by atoms with Crippen LogP contribution in [-0.2, 0) is 9.53 Å². The minimum Gasteiger partial charge on any atom is -0.459 e. The number of rotatable bonds is 1. The molecular weight excluding hydrogens is 212 g/mol. The number of carbonyl (C=O) groups is 1. The Kier molecular flexibility index (Phi) is 6.51. The summed E-state index contributed by atoms with van der Waals surface area (Å²) < 4.78 is 4.86. The van der Waals surface area contributed by atoms with E-state index in [1.807, 2.05) is 19.9 Å². The Labute approximate surface area is 106 Å². The van der Waals surface area contributed by atoms with E-state index in [0.29, 0.717) is 5.41 Å². The predicted molar refractivity (Wildman–Crippen MR) is 72.8 cm³/mol. The normalized spacial score (nSPS) is 22.5. The lowest BCUT2D eigenvalue weighted by molar-refractivity contribution is -0.138. The highest BCUT2D eigenvalue weighted by atomic mass is 16.5. The highest BCUT2D eigenvalue weighted by Crippen LogP contribution is 2.23. The maximum atomic E-state index is 10.7. The quantitative estimate of drug-likeness (QED) is 0.503. The Hall–Kier alpha value is -0.790. The molecule has 0 aromatic heterocycles. The summed E-state index contributed by atoms with van der Waals surface area (Å²) in [7, 11) is 0. The Balaban J connectivity index is 0.000000304. The maximum absolute atomic E-state index is 10.7. The van der Waals surface area contributed by atoms with Gasteiger partial charge in [-0.2, -0.15) is 0 Å². The van der Waals surface area contributed by atoms with Crippen molar-refractivity contribution in [2.45, 2.75) is 67.4 Å². The maximum Gasteiger partial charge on any atom is 0.334 e. The number of ether oxygens (including phenoxy) is 1. The highest BCUT2D eigenvalue weighted by Gasteiger charge is 2.23. The van der Waals surface area contributed by atoms with Gasteiger partial charge in [0.15, 0.2) is 0 Å². The van der Waals surface area contributed by atoms with Gasteiger partial charge in [-0.15, -0.1) is 0 Å². The molecule has 0 spiro atoms. The van der Waals surface area contributed by atoms with Crippen molar-refractivity contribution in [1.29, 1.82) is 0 Å². The van der Waals surface area contributed by atoms with Gasteiger partial charge in [0.25, 0.3) is 0 Å². The fraction of sp³-hybridized carbons (Fsp3) is 0.800. The van der Waals surface area contributed by atoms with Crippen molar-refractivity contribution < 1.29 is 9.53 Å². The minimum absolute atomic E-state index is 0.0868. The van der Waals surface area contributed by atoms with Crippen molar-refractivity contribution in [2.24, 2.45) is 11.3 Å². The number of cyclic esters (lactones) is 1. The van der Waals surface area contributed by atoms with Crippen molar-refractivity contribution in [1.82, 2.24) is 0 Å². The van der Waals surface area contributed by atoms with Gasteiger partial charge >= 0.3 is 5.97 Å². The molecule has 1 aliphatic rings. The van der Waals surface area contributed by atoms with E-state index in [0.717, 1.165) is 17.9 Å². The summed E-state index contributed by atoms with van der Waals surface area (Å²) in [4.78, 5) is 10.7. The van der Waals surface area contributed by atoms with E-state index in [1.165, 1.54) is 6.42 Å². The van der Waals surface area contributed by atoms with Crippen molar-refractivity contribution in [3.63, 3.8) is 0 Å². The number of esters is 1. The Morgan fingerprint density at radius 3 is 2.06 bits per heavy atom. The van der Waals surface area contributed by atoms with Crippen LogP contribution in [0.1, 0.15) is 61.3 Å². The summed E-state index contributed by atoms with van der Waals surface area (Å²) in [5, 5.41) is 0. The molecule has 1 aliphatic heterocycles. The third-order valence-electron chi connectivity index (χ3n) is 2.45. The zero-order valence-corrected chi connectivity index (χ0v) is 12.5. The smallest absolute Gasteiger partial charge is 0.334 e. The van der Waals surface area contributed by atoms with Crippen molar-refractivity contribution in [3.05, 3.63) is 11.6 Å². The van der Waals surface area contributed by atoms with Gasteiger partial charge in [-0.1, -0.05) is 40.7 Å². The molecular formula is C15H28O2. The van der Waals surface area contributed by atoms with E-state index in [-0.39, 0.29) is 12.1 Å². The third kappa shape index (κ3) is 8.00. The first-order valence-corrected chi connectivity index (χ1v) is 6.52. The molecule has 1 rings (SSSR count). The summed E-state index contributed by atoms with van der Waals surface area (Å²) in [6.07, 6.45) is 4.00. The first kappa shape index (κ1) is 16.2. The number of hydrogen-bond donors (Lipinski definition) is 0. The van der Waals surface area contributed by atoms with Crippen LogP contribution in [0.5, 0.6) is 0 Å². The molecule has 2 nitrogen and oxygen atoms in total. The molecule has 1 heterocycles. The molecule has 1 saturated heterocycles. The Morgan fingerprint density at radius 2 is 1.94 bits per heavy atom. The molecule has 1 unspecified atom stereocenters. The molecule has 0 amide bonds. The highest BCUT2D eigenvalue weighted by molar-refractivity contribution is 5.90. The average molecular weight is 240 g/mol. The Bertz CT molecular complexity index is 269. The molecule has 2 heteroatoms. The molecule has 1 atom stereocenters. The SMILES string of the molecule is C/C=C1/CC(C)OC1=O.CC(C)CC(C)(C)C. The summed E-state index contributed by atoms with van der Waals surface area (Å²) in [6.45, 7) is 15.1. The topological polar surface area (TPSA) is 26.3 Å². The first-order chi connectivity index (χ1) is 7.65. The second kappa shape index (κ2) is 6.83. The number of carbonyl (C=O) groups excluding carboxylic acids is 1. The van der Waals surface area contributed by atoms with Crippen LogP contribution in [0.25, 0.3) is 0 Å². The van der Waals surface area contributed by atoms with Gasteiger partial charge in [0, 0.05) is 12.0 Å². The van der Waals surface area contributed by atoms with Gasteiger partial charge in [0.05, 0.1) is 0 Å². The molecule has 0 aromatic rings. The van der Waals surface area contributed by atoms with Crippen LogP contribution in [0.2, 0.25) is 0 Å². The molecule has 100 valence electrons. The van der Waals surface area contributed by atoms with Crippen LogP contribution in [0, 0.1) is 11.3 Å². The van der Waals surface area contributed by atoms with E-state index in [4.69, 9.17) is 4.74 Å². The fourth-order valence-corrected chi connectivity index (χ4v) is 2.15. The second-order valence-corrected chi connectivity index (χ2v) is 6.39. The fourth-order valence-electron chi connectivity index (χ4n) is 2.15. The molecule has 17 heavy (non-hydrogen) atoms. The van der Waals surface area contributed by atoms with Gasteiger partial charge in [-0.3, -0.25) is 0 Å². The van der Waals surface area contributed by atoms with E-state index < -0.39 is 0 Å². The van der Waals surface area contributed by atoms with Crippen LogP contribution >= 0.6 is 0 Å². The molecule has 0 saturated carbocycles. The van der Waals surface area contributed by atoms with E-state index in [2.05, 4.69) is 34.6 Å². The van der Waals surface area contributed by atoms with Crippen LogP contribution in [0.4, 0.5) is 0 Å². The van der Waals surface area contributed by atoms with Crippen molar-refractivity contribution in [2.75, 3.05) is 0 Å². The van der Waals surface area contributed by atoms with Gasteiger partial charge in [0.1, 0.15) is 6.10 Å². The molecule has 1 fully saturated rings. The lowest BCUT2D eigenvalue weighted by Crippen LogP contribution is -2.08. The van der Waals surface area contributed by atoms with Crippen molar-refractivity contribution >= 4 is 5.97 Å². The summed E-state index contributed by atoms with van der Waals surface area (Å²) in [5.41, 5.74) is 1.33. The van der Waals surface area contributed by atoms with Crippen LogP contribution in [-0.4, -0.2) is 12.1 Å². The minimum atomic E-state index is -0.148. The second-order valence-electron chi connectivity index (χ2n) is 6.39. The molecule has 0 radical (unpaired) electrons. The van der Waals surface area contributed by atoms with Crippen LogP contribution in [0.3, 0.4) is 0 Å². The van der Waals surface area contributed by atoms with Gasteiger partial charge in [-0.05, 0) is 31.6 Å². The van der Waals surface area contributed by atoms with Gasteiger partial charge in [0.2, 0.25) is 0 Å². The summed E-state index contributed by atoms with van der Waals surface area (Å²) in [6, 6.07) is 0. The van der Waals surface area contributed by atoms with E-state index in [1.54, 1.807) is 0 Å². The van der Waals surface area contributed by atoms with Crippen LogP contribution < -0.4 is 0 Å². The van der Waals surface area contributed by atoms with Crippen LogP contribution in [0.15, 0.2) is 11.6 Å². The summed E-state index contributed by atoms with van der Waals surface area (Å²) >= 11 is 0. The average Bonchev–Trinajstić information content (AvgIpc) is 2.41. The molecule has 0 aromatic carbocycles. The number of allylic oxidation sites excluding steroid dienone is 1. The third-order valence-corrected chi connectivity index (χ3v) is 2.45. The van der Waals surface area contributed by atoms with Gasteiger partial charge < -0.3 is 4.74 Å². The molecule has 0 N–H and O–H groups in total. The first-order valence-electron chi connectivity index (χ1n) is 6.52. The van der Waals surface area contributed by atoms with Crippen molar-refractivity contribution in [3.8, 4) is 0 Å². The van der Waals surface area contributed by atoms with Gasteiger partial charge in [-0.25, -0.2) is 4.79 Å². The Morgan fingerprint density at radius 1 is 1.41 bits per heavy atom. The van der Waals surface area contributed by atoms with E-state index in [9.17, 15) is 4.79 Å². The standard InChI is InChI=1S/C8H18.C7H10O2/c1-7(2)6-8(3,4)5;1-3-6-4-5(2)9-7(6)8/h7H,6H2,1-5H3;3,5H,4H2,1-2H3/b;6-3-.